The maximum Gasteiger partial charge on any atom is 0.182 e. The molecular weight excluding hydrogens is 240 g/mol. The molecule has 0 amide bonds. The quantitative estimate of drug-likeness (QED) is 0.841. The molecule has 0 bridgehead atoms. The van der Waals surface area contributed by atoms with E-state index in [4.69, 9.17) is 5.26 Å². The molecule has 2 aliphatic rings. The molecule has 1 aromatic rings. The number of nitrogens with one attached hydrogen (secondary N) is 1. The van der Waals surface area contributed by atoms with Gasteiger partial charge in [0.2, 0.25) is 0 Å². The van der Waals surface area contributed by atoms with Crippen molar-refractivity contribution in [3.8, 4) is 6.07 Å². The lowest BCUT2D eigenvalue weighted by atomic mass is 9.69. The number of hydrogen-bond donors (Lipinski definition) is 2. The van der Waals surface area contributed by atoms with Crippen LogP contribution in [0, 0.1) is 16.7 Å². The van der Waals surface area contributed by atoms with E-state index in [1.807, 2.05) is 0 Å². The number of aliphatic hydroxyl groups is 1. The molecular formula is C14H18N4O. The second-order valence-electron chi connectivity index (χ2n) is 5.74. The molecule has 2 fully saturated rings. The van der Waals surface area contributed by atoms with Crippen LogP contribution in [-0.4, -0.2) is 28.2 Å². The van der Waals surface area contributed by atoms with Gasteiger partial charge in [-0.25, -0.2) is 9.97 Å². The highest BCUT2D eigenvalue weighted by Crippen LogP contribution is 2.41. The van der Waals surface area contributed by atoms with Crippen LogP contribution in [0.4, 0.5) is 5.82 Å². The summed E-state index contributed by atoms with van der Waals surface area (Å²) in [6, 6.07) is 2.07. The first-order valence-corrected chi connectivity index (χ1v) is 6.88. The maximum absolute atomic E-state index is 9.45. The number of hydrogen-bond acceptors (Lipinski definition) is 5. The number of nitrogens with zero attached hydrogens (tertiary/aromatic N) is 3. The number of rotatable bonds is 5. The van der Waals surface area contributed by atoms with Gasteiger partial charge in [0, 0.05) is 17.9 Å². The predicted molar refractivity (Wildman–Crippen MR) is 70.6 cm³/mol. The Morgan fingerprint density at radius 1 is 1.47 bits per heavy atom. The molecule has 2 aliphatic carbocycles. The first-order chi connectivity index (χ1) is 9.26. The maximum atomic E-state index is 9.45. The first kappa shape index (κ1) is 12.4. The van der Waals surface area contributed by atoms with Crippen molar-refractivity contribution in [3.05, 3.63) is 17.6 Å². The van der Waals surface area contributed by atoms with Crippen molar-refractivity contribution in [2.45, 2.75) is 38.0 Å². The van der Waals surface area contributed by atoms with Crippen molar-refractivity contribution in [2.75, 3.05) is 18.5 Å². The summed E-state index contributed by atoms with van der Waals surface area (Å²) in [5.74, 6) is 1.10. The largest absolute Gasteiger partial charge is 0.396 e. The molecule has 2 saturated carbocycles. The molecule has 0 unspecified atom stereocenters. The van der Waals surface area contributed by atoms with Gasteiger partial charge in [-0.2, -0.15) is 5.26 Å². The molecule has 3 rings (SSSR count). The molecule has 5 nitrogen and oxygen atoms in total. The molecule has 0 atom stereocenters. The van der Waals surface area contributed by atoms with Gasteiger partial charge >= 0.3 is 0 Å². The zero-order valence-electron chi connectivity index (χ0n) is 10.9. The van der Waals surface area contributed by atoms with E-state index in [1.165, 1.54) is 19.3 Å². The standard InChI is InChI=1S/C14H18N4O/c15-6-11-13(17-8-14(9-19)4-1-5-14)18-12(7-16-11)10-2-3-10/h7,10,19H,1-5,8-9H2,(H,17,18). The fourth-order valence-corrected chi connectivity index (χ4v) is 2.52. The minimum atomic E-state index is -0.0238. The van der Waals surface area contributed by atoms with Crippen molar-refractivity contribution in [3.63, 3.8) is 0 Å². The van der Waals surface area contributed by atoms with Gasteiger partial charge in [-0.3, -0.25) is 0 Å². The highest BCUT2D eigenvalue weighted by molar-refractivity contribution is 5.48. The first-order valence-electron chi connectivity index (χ1n) is 6.88. The average Bonchev–Trinajstić information content (AvgIpc) is 3.22. The van der Waals surface area contributed by atoms with E-state index in [1.54, 1.807) is 6.20 Å². The van der Waals surface area contributed by atoms with Crippen molar-refractivity contribution in [1.82, 2.24) is 9.97 Å². The van der Waals surface area contributed by atoms with Crippen LogP contribution in [0.1, 0.15) is 49.4 Å². The number of aromatic nitrogens is 2. The Hall–Kier alpha value is -1.67. The Morgan fingerprint density at radius 3 is 2.79 bits per heavy atom. The van der Waals surface area contributed by atoms with E-state index < -0.39 is 0 Å². The summed E-state index contributed by atoms with van der Waals surface area (Å²) in [5.41, 5.74) is 1.30. The summed E-state index contributed by atoms with van der Waals surface area (Å²) in [4.78, 5) is 8.70. The van der Waals surface area contributed by atoms with E-state index in [0.29, 0.717) is 24.0 Å². The number of aliphatic hydroxyl groups excluding tert-OH is 1. The van der Waals surface area contributed by atoms with Crippen molar-refractivity contribution >= 4 is 5.82 Å². The van der Waals surface area contributed by atoms with E-state index in [2.05, 4.69) is 21.4 Å². The second-order valence-corrected chi connectivity index (χ2v) is 5.74. The van der Waals surface area contributed by atoms with Crippen LogP contribution < -0.4 is 5.32 Å². The third-order valence-corrected chi connectivity index (χ3v) is 4.27. The Kier molecular flexibility index (Phi) is 3.11. The van der Waals surface area contributed by atoms with Crippen molar-refractivity contribution in [2.24, 2.45) is 5.41 Å². The van der Waals surface area contributed by atoms with Gasteiger partial charge in [-0.15, -0.1) is 0 Å². The second kappa shape index (κ2) is 4.78. The smallest absolute Gasteiger partial charge is 0.182 e. The van der Waals surface area contributed by atoms with E-state index >= 15 is 0 Å². The van der Waals surface area contributed by atoms with Gasteiger partial charge in [-0.1, -0.05) is 6.42 Å². The van der Waals surface area contributed by atoms with Gasteiger partial charge in [0.05, 0.1) is 18.5 Å². The fourth-order valence-electron chi connectivity index (χ4n) is 2.52. The zero-order chi connectivity index (χ0) is 13.3. The predicted octanol–water partition coefficient (Wildman–Crippen LogP) is 1.80. The molecule has 0 saturated heterocycles. The molecule has 5 heteroatoms. The molecule has 0 spiro atoms. The van der Waals surface area contributed by atoms with Crippen LogP contribution >= 0.6 is 0 Å². The van der Waals surface area contributed by atoms with Gasteiger partial charge in [0.1, 0.15) is 6.07 Å². The summed E-state index contributed by atoms with van der Waals surface area (Å²) in [5, 5.41) is 21.8. The van der Waals surface area contributed by atoms with E-state index in [9.17, 15) is 5.11 Å². The third-order valence-electron chi connectivity index (χ3n) is 4.27. The van der Waals surface area contributed by atoms with Crippen molar-refractivity contribution in [1.29, 1.82) is 5.26 Å². The molecule has 0 aliphatic heterocycles. The van der Waals surface area contributed by atoms with Crippen LogP contribution in [0.3, 0.4) is 0 Å². The summed E-state index contributed by atoms with van der Waals surface area (Å²) >= 11 is 0. The van der Waals surface area contributed by atoms with E-state index in [-0.39, 0.29) is 12.0 Å². The zero-order valence-corrected chi connectivity index (χ0v) is 10.9. The Bertz CT molecular complexity index is 509. The minimum Gasteiger partial charge on any atom is -0.396 e. The van der Waals surface area contributed by atoms with Gasteiger partial charge < -0.3 is 10.4 Å². The molecule has 1 heterocycles. The van der Waals surface area contributed by atoms with Crippen LogP contribution in [0.2, 0.25) is 0 Å². The highest BCUT2D eigenvalue weighted by Gasteiger charge is 2.36. The summed E-state index contributed by atoms with van der Waals surface area (Å²) in [6.45, 7) is 0.860. The number of nitriles is 1. The van der Waals surface area contributed by atoms with E-state index in [0.717, 1.165) is 18.5 Å². The molecule has 0 aromatic carbocycles. The van der Waals surface area contributed by atoms with Gasteiger partial charge in [-0.05, 0) is 25.7 Å². The molecule has 0 radical (unpaired) electrons. The topological polar surface area (TPSA) is 81.8 Å². The van der Waals surface area contributed by atoms with Crippen LogP contribution in [0.5, 0.6) is 0 Å². The minimum absolute atomic E-state index is 0.0238. The average molecular weight is 258 g/mol. The summed E-state index contributed by atoms with van der Waals surface area (Å²) in [7, 11) is 0. The monoisotopic (exact) mass is 258 g/mol. The lowest BCUT2D eigenvalue weighted by molar-refractivity contribution is 0.0575. The molecule has 100 valence electrons. The molecule has 2 N–H and O–H groups in total. The molecule has 1 aromatic heterocycles. The van der Waals surface area contributed by atoms with Crippen molar-refractivity contribution < 1.29 is 5.11 Å². The summed E-state index contributed by atoms with van der Waals surface area (Å²) < 4.78 is 0. The normalized spacial score (nSPS) is 20.4. The lowest BCUT2D eigenvalue weighted by Gasteiger charge is -2.40. The molecule has 19 heavy (non-hydrogen) atoms. The number of anilines is 1. The lowest BCUT2D eigenvalue weighted by Crippen LogP contribution is -2.40. The fraction of sp³-hybridized carbons (Fsp3) is 0.643. The van der Waals surface area contributed by atoms with Crippen LogP contribution in [0.25, 0.3) is 0 Å². The Labute approximate surface area is 112 Å². The van der Waals surface area contributed by atoms with Gasteiger partial charge in [0.15, 0.2) is 11.5 Å². The highest BCUT2D eigenvalue weighted by atomic mass is 16.3. The summed E-state index contributed by atoms with van der Waals surface area (Å²) in [6.07, 6.45) is 7.29. The Balaban J connectivity index is 1.75. The third kappa shape index (κ3) is 2.41. The SMILES string of the molecule is N#Cc1ncc(C2CC2)nc1NCC1(CO)CCC1. The van der Waals surface area contributed by atoms with Crippen LogP contribution in [-0.2, 0) is 0 Å². The Morgan fingerprint density at radius 2 is 2.26 bits per heavy atom. The van der Waals surface area contributed by atoms with Gasteiger partial charge in [0.25, 0.3) is 0 Å². The van der Waals surface area contributed by atoms with Crippen LogP contribution in [0.15, 0.2) is 6.20 Å².